The first-order chi connectivity index (χ1) is 36.2. The Morgan fingerprint density at radius 1 is 0.554 bits per heavy atom. The van der Waals surface area contributed by atoms with Crippen LogP contribution in [-0.2, 0) is 23.8 Å². The summed E-state index contributed by atoms with van der Waals surface area (Å²) in [5.74, 6) is -1.21. The first-order valence-electron chi connectivity index (χ1n) is 30.2. The van der Waals surface area contributed by atoms with Gasteiger partial charge in [-0.15, -0.1) is 0 Å². The zero-order chi connectivity index (χ0) is 54.0. The third-order valence-corrected chi connectivity index (χ3v) is 13.9. The van der Waals surface area contributed by atoms with Gasteiger partial charge >= 0.3 is 5.97 Å². The number of carbonyl (C=O) groups is 2. The first-order valence-corrected chi connectivity index (χ1v) is 30.2. The van der Waals surface area contributed by atoms with Gasteiger partial charge in [0, 0.05) is 6.42 Å². The Morgan fingerprint density at radius 2 is 1.03 bits per heavy atom. The van der Waals surface area contributed by atoms with Crippen LogP contribution >= 0.6 is 0 Å². The van der Waals surface area contributed by atoms with Crippen LogP contribution in [0, 0.1) is 0 Å². The van der Waals surface area contributed by atoms with E-state index in [9.17, 15) is 35.1 Å². The van der Waals surface area contributed by atoms with E-state index in [1.807, 2.05) is 18.2 Å². The third kappa shape index (κ3) is 38.6. The SMILES string of the molecule is CC/C=C/C=C/C=C/CCCCCCCCC(O)C(=O)NC(COC1OC(CO)C(O)C(O)C1OC(=O)CCCCCCCCCCC/C=C\C/C=C\CCCCC)C(O)/C=C/CCCCCCCCCCCC. The lowest BCUT2D eigenvalue weighted by Gasteiger charge is -2.41. The van der Waals surface area contributed by atoms with Crippen LogP contribution in [0.4, 0.5) is 0 Å². The van der Waals surface area contributed by atoms with Gasteiger partial charge in [0.05, 0.1) is 25.4 Å². The van der Waals surface area contributed by atoms with Gasteiger partial charge in [0.15, 0.2) is 12.4 Å². The fraction of sp³-hybridized carbons (Fsp3) is 0.778. The van der Waals surface area contributed by atoms with Crippen molar-refractivity contribution in [2.24, 2.45) is 0 Å². The minimum Gasteiger partial charge on any atom is -0.454 e. The Balaban J connectivity index is 2.69. The molecular weight excluding hydrogens is 931 g/mol. The number of esters is 1. The Labute approximate surface area is 451 Å². The average molecular weight is 1040 g/mol. The quantitative estimate of drug-likeness (QED) is 0.0149. The second-order valence-electron chi connectivity index (χ2n) is 20.8. The van der Waals surface area contributed by atoms with Gasteiger partial charge in [-0.25, -0.2) is 0 Å². The number of allylic oxidation sites excluding steroid dienone is 11. The van der Waals surface area contributed by atoms with E-state index in [0.717, 1.165) is 103 Å². The number of hydrogen-bond donors (Lipinski definition) is 6. The molecule has 1 heterocycles. The van der Waals surface area contributed by atoms with Crippen LogP contribution in [-0.4, -0.2) is 99.6 Å². The summed E-state index contributed by atoms with van der Waals surface area (Å²) in [5.41, 5.74) is 0. The molecule has 428 valence electrons. The van der Waals surface area contributed by atoms with Crippen molar-refractivity contribution < 1.29 is 49.3 Å². The number of ether oxygens (including phenoxy) is 3. The van der Waals surface area contributed by atoms with Gasteiger partial charge in [-0.3, -0.25) is 9.59 Å². The molecule has 0 radical (unpaired) electrons. The van der Waals surface area contributed by atoms with E-state index in [2.05, 4.69) is 74.7 Å². The van der Waals surface area contributed by atoms with Crippen LogP contribution in [0.1, 0.15) is 252 Å². The van der Waals surface area contributed by atoms with Crippen molar-refractivity contribution in [2.75, 3.05) is 13.2 Å². The molecule has 8 unspecified atom stereocenters. The van der Waals surface area contributed by atoms with Crippen LogP contribution in [0.15, 0.2) is 72.9 Å². The Kier molecular flexibility index (Phi) is 47.5. The van der Waals surface area contributed by atoms with Crippen molar-refractivity contribution in [1.82, 2.24) is 5.32 Å². The van der Waals surface area contributed by atoms with Gasteiger partial charge in [0.25, 0.3) is 0 Å². The number of aliphatic hydroxyl groups excluding tert-OH is 5. The molecule has 74 heavy (non-hydrogen) atoms. The first kappa shape index (κ1) is 69.1. The highest BCUT2D eigenvalue weighted by Crippen LogP contribution is 2.26. The molecule has 1 amide bonds. The number of carbonyl (C=O) groups excluding carboxylic acids is 2. The topological polar surface area (TPSA) is 175 Å². The zero-order valence-electron chi connectivity index (χ0n) is 47.2. The molecule has 0 aromatic carbocycles. The van der Waals surface area contributed by atoms with E-state index in [-0.39, 0.29) is 19.4 Å². The molecule has 0 saturated carbocycles. The number of unbranched alkanes of at least 4 members (excludes halogenated alkanes) is 28. The Morgan fingerprint density at radius 3 is 1.58 bits per heavy atom. The van der Waals surface area contributed by atoms with Crippen LogP contribution in [0.3, 0.4) is 0 Å². The van der Waals surface area contributed by atoms with Crippen molar-refractivity contribution in [3.63, 3.8) is 0 Å². The third-order valence-electron chi connectivity index (χ3n) is 13.9. The van der Waals surface area contributed by atoms with E-state index >= 15 is 0 Å². The van der Waals surface area contributed by atoms with Crippen molar-refractivity contribution >= 4 is 11.9 Å². The zero-order valence-corrected chi connectivity index (χ0v) is 47.2. The molecule has 1 saturated heterocycles. The fourth-order valence-corrected chi connectivity index (χ4v) is 9.09. The molecule has 1 aliphatic rings. The summed E-state index contributed by atoms with van der Waals surface area (Å²) in [5, 5.41) is 56.9. The molecule has 11 heteroatoms. The summed E-state index contributed by atoms with van der Waals surface area (Å²) in [7, 11) is 0. The van der Waals surface area contributed by atoms with E-state index in [1.165, 1.54) is 103 Å². The number of hydrogen-bond acceptors (Lipinski definition) is 10. The van der Waals surface area contributed by atoms with Crippen LogP contribution in [0.5, 0.6) is 0 Å². The van der Waals surface area contributed by atoms with Crippen molar-refractivity contribution in [3.8, 4) is 0 Å². The van der Waals surface area contributed by atoms with Crippen molar-refractivity contribution in [1.29, 1.82) is 0 Å². The molecule has 0 bridgehead atoms. The highest BCUT2D eigenvalue weighted by molar-refractivity contribution is 5.80. The number of rotatable bonds is 50. The van der Waals surface area contributed by atoms with E-state index in [0.29, 0.717) is 12.8 Å². The molecule has 11 nitrogen and oxygen atoms in total. The minimum atomic E-state index is -1.62. The van der Waals surface area contributed by atoms with Crippen molar-refractivity contribution in [2.45, 2.75) is 301 Å². The monoisotopic (exact) mass is 1040 g/mol. The van der Waals surface area contributed by atoms with Gasteiger partial charge in [0.1, 0.15) is 24.4 Å². The minimum absolute atomic E-state index is 0.115. The maximum atomic E-state index is 13.4. The largest absolute Gasteiger partial charge is 0.454 e. The Hall–Kier alpha value is -2.90. The lowest BCUT2D eigenvalue weighted by molar-refractivity contribution is -0.305. The molecule has 0 aromatic heterocycles. The molecule has 1 aliphatic heterocycles. The van der Waals surface area contributed by atoms with Crippen LogP contribution in [0.25, 0.3) is 0 Å². The summed E-state index contributed by atoms with van der Waals surface area (Å²) in [6.45, 7) is 5.62. The summed E-state index contributed by atoms with van der Waals surface area (Å²) >= 11 is 0. The van der Waals surface area contributed by atoms with E-state index in [1.54, 1.807) is 6.08 Å². The highest BCUT2D eigenvalue weighted by atomic mass is 16.7. The second kappa shape index (κ2) is 50.9. The lowest BCUT2D eigenvalue weighted by atomic mass is 9.99. The molecule has 1 rings (SSSR count). The van der Waals surface area contributed by atoms with Gasteiger partial charge in [0.2, 0.25) is 5.91 Å². The highest BCUT2D eigenvalue weighted by Gasteiger charge is 2.47. The summed E-state index contributed by atoms with van der Waals surface area (Å²) in [6.07, 6.45) is 53.6. The van der Waals surface area contributed by atoms with Crippen molar-refractivity contribution in [3.05, 3.63) is 72.9 Å². The number of amides is 1. The molecule has 6 N–H and O–H groups in total. The predicted molar refractivity (Wildman–Crippen MR) is 306 cm³/mol. The van der Waals surface area contributed by atoms with Gasteiger partial charge < -0.3 is 45.1 Å². The number of aliphatic hydroxyl groups is 5. The van der Waals surface area contributed by atoms with Gasteiger partial charge in [-0.2, -0.15) is 0 Å². The fourth-order valence-electron chi connectivity index (χ4n) is 9.09. The molecular formula is C63H111NO10. The normalized spacial score (nSPS) is 19.8. The summed E-state index contributed by atoms with van der Waals surface area (Å²) in [4.78, 5) is 26.5. The van der Waals surface area contributed by atoms with Gasteiger partial charge in [-0.05, 0) is 77.0 Å². The van der Waals surface area contributed by atoms with E-state index < -0.39 is 67.4 Å². The standard InChI is InChI=1S/C63H111NO10/c1-4-7-10-13-16-19-22-25-27-28-29-30-31-33-36-39-42-45-48-51-58(68)74-61-60(70)59(69)57(52-65)73-63(61)72-53-54(55(66)49-46-43-40-37-34-24-21-18-15-12-9-6-3)64-62(71)56(67)50-47-44-41-38-35-32-26-23-20-17-14-11-8-5-2/h8,11,14,16-17,19-20,23,25,27,46,49,54-57,59-61,63,65-67,69-70H,4-7,9-10,12-13,15,18,21-22,24,26,28-45,47-48,50-53H2,1-3H3,(H,64,71)/b11-8+,17-14+,19-16-,23-20+,27-25-,49-46+. The molecule has 0 aromatic rings. The average Bonchev–Trinajstić information content (AvgIpc) is 3.40. The molecule has 1 fully saturated rings. The molecule has 0 aliphatic carbocycles. The van der Waals surface area contributed by atoms with Crippen LogP contribution < -0.4 is 5.32 Å². The maximum Gasteiger partial charge on any atom is 0.306 e. The molecule has 0 spiro atoms. The molecule has 8 atom stereocenters. The van der Waals surface area contributed by atoms with Crippen LogP contribution in [0.2, 0.25) is 0 Å². The smallest absolute Gasteiger partial charge is 0.306 e. The maximum absolute atomic E-state index is 13.4. The van der Waals surface area contributed by atoms with E-state index in [4.69, 9.17) is 14.2 Å². The Bertz CT molecular complexity index is 1480. The predicted octanol–water partition coefficient (Wildman–Crippen LogP) is 14.0. The summed E-state index contributed by atoms with van der Waals surface area (Å²) < 4.78 is 17.6. The second-order valence-corrected chi connectivity index (χ2v) is 20.8. The number of nitrogens with one attached hydrogen (secondary N) is 1. The lowest BCUT2D eigenvalue weighted by Crippen LogP contribution is -2.61. The van der Waals surface area contributed by atoms with Gasteiger partial charge in [-0.1, -0.05) is 241 Å². The summed E-state index contributed by atoms with van der Waals surface area (Å²) in [6, 6.07) is -1.03.